The number of hydrogen-bond donors (Lipinski definition) is 0. The number of nitrogens with zero attached hydrogens (tertiary/aromatic N) is 2. The Kier molecular flexibility index (Phi) is 7.68. The summed E-state index contributed by atoms with van der Waals surface area (Å²) >= 11 is 1.84. The quantitative estimate of drug-likeness (QED) is 0.176. The van der Waals surface area contributed by atoms with Crippen molar-refractivity contribution in [3.8, 4) is 67.3 Å². The molecular weight excluding hydrogens is 697 g/mol. The Morgan fingerprint density at radius 1 is 0.321 bits per heavy atom. The molecule has 0 amide bonds. The van der Waals surface area contributed by atoms with Gasteiger partial charge in [0.2, 0.25) is 0 Å². The molecule has 262 valence electrons. The second-order valence-corrected chi connectivity index (χ2v) is 15.5. The van der Waals surface area contributed by atoms with Crippen molar-refractivity contribution in [1.29, 1.82) is 0 Å². The van der Waals surface area contributed by atoms with Gasteiger partial charge in [-0.15, -0.1) is 0 Å². The second kappa shape index (κ2) is 13.2. The van der Waals surface area contributed by atoms with E-state index in [1.807, 2.05) is 11.8 Å². The van der Waals surface area contributed by atoms with Crippen molar-refractivity contribution in [2.45, 2.75) is 15.2 Å². The standard InChI is InChI=1S/C53H34N2S/c1-3-14-35(15-4-1)37-26-30-39(31-27-37)48-34-49(40-32-28-38(29-33-40)36-16-5-2-6-17-36)55-52(54-48)43-20-13-24-47-51(43)56-50-25-12-11-23-46(50)53(47)44-21-9-7-18-41(44)42-19-8-10-22-45(42)53/h1-34H. The van der Waals surface area contributed by atoms with Crippen LogP contribution in [0.2, 0.25) is 0 Å². The summed E-state index contributed by atoms with van der Waals surface area (Å²) in [5.41, 5.74) is 17.0. The van der Waals surface area contributed by atoms with E-state index in [0.717, 1.165) is 33.9 Å². The Balaban J connectivity index is 1.12. The molecular formula is C53H34N2S. The Bertz CT molecular complexity index is 2770. The van der Waals surface area contributed by atoms with Gasteiger partial charge in [-0.25, -0.2) is 9.97 Å². The normalized spacial score (nSPS) is 13.1. The molecule has 2 aliphatic rings. The van der Waals surface area contributed by atoms with Crippen LogP contribution in [-0.4, -0.2) is 9.97 Å². The molecule has 9 aromatic rings. The average molecular weight is 731 g/mol. The molecule has 0 saturated heterocycles. The molecule has 1 spiro atoms. The maximum absolute atomic E-state index is 5.41. The van der Waals surface area contributed by atoms with Crippen LogP contribution >= 0.6 is 11.8 Å². The van der Waals surface area contributed by atoms with Crippen LogP contribution in [-0.2, 0) is 5.41 Å². The van der Waals surface area contributed by atoms with Gasteiger partial charge in [-0.1, -0.05) is 206 Å². The van der Waals surface area contributed by atoms with E-state index in [9.17, 15) is 0 Å². The summed E-state index contributed by atoms with van der Waals surface area (Å²) in [6, 6.07) is 74.3. The van der Waals surface area contributed by atoms with Crippen molar-refractivity contribution < 1.29 is 0 Å². The number of fused-ring (bicyclic) bond motifs is 9. The zero-order valence-electron chi connectivity index (χ0n) is 30.4. The van der Waals surface area contributed by atoms with Crippen LogP contribution in [0.4, 0.5) is 0 Å². The Morgan fingerprint density at radius 2 is 0.732 bits per heavy atom. The summed E-state index contributed by atoms with van der Waals surface area (Å²) in [5.74, 6) is 0.718. The highest BCUT2D eigenvalue weighted by molar-refractivity contribution is 7.99. The summed E-state index contributed by atoms with van der Waals surface area (Å²) in [6.45, 7) is 0. The minimum absolute atomic E-state index is 0.471. The molecule has 2 nitrogen and oxygen atoms in total. The fourth-order valence-electron chi connectivity index (χ4n) is 8.85. The van der Waals surface area contributed by atoms with Gasteiger partial charge in [0.25, 0.3) is 0 Å². The lowest BCUT2D eigenvalue weighted by atomic mass is 9.67. The van der Waals surface area contributed by atoms with Crippen molar-refractivity contribution in [3.05, 3.63) is 229 Å². The molecule has 0 unspecified atom stereocenters. The van der Waals surface area contributed by atoms with Crippen LogP contribution in [0.5, 0.6) is 0 Å². The highest BCUT2D eigenvalue weighted by Gasteiger charge is 2.50. The summed E-state index contributed by atoms with van der Waals surface area (Å²) in [7, 11) is 0. The maximum Gasteiger partial charge on any atom is 0.161 e. The molecule has 8 aromatic carbocycles. The van der Waals surface area contributed by atoms with Gasteiger partial charge in [0.1, 0.15) is 0 Å². The molecule has 0 fully saturated rings. The summed E-state index contributed by atoms with van der Waals surface area (Å²) < 4.78 is 0. The van der Waals surface area contributed by atoms with Crippen molar-refractivity contribution in [3.63, 3.8) is 0 Å². The highest BCUT2D eigenvalue weighted by Crippen LogP contribution is 2.63. The smallest absolute Gasteiger partial charge is 0.161 e. The first-order chi connectivity index (χ1) is 27.8. The van der Waals surface area contributed by atoms with Gasteiger partial charge in [-0.05, 0) is 67.8 Å². The minimum atomic E-state index is -0.471. The molecule has 1 aromatic heterocycles. The van der Waals surface area contributed by atoms with E-state index in [1.165, 1.54) is 65.4 Å². The molecule has 0 atom stereocenters. The van der Waals surface area contributed by atoms with E-state index in [0.29, 0.717) is 0 Å². The first-order valence-electron chi connectivity index (χ1n) is 19.1. The summed E-state index contributed by atoms with van der Waals surface area (Å²) in [4.78, 5) is 13.3. The fourth-order valence-corrected chi connectivity index (χ4v) is 10.1. The first kappa shape index (κ1) is 32.6. The van der Waals surface area contributed by atoms with Crippen LogP contribution in [0.1, 0.15) is 22.3 Å². The third kappa shape index (κ3) is 5.12. The molecule has 3 heteroatoms. The van der Waals surface area contributed by atoms with Gasteiger partial charge in [0, 0.05) is 26.5 Å². The van der Waals surface area contributed by atoms with Crippen molar-refractivity contribution in [1.82, 2.24) is 9.97 Å². The molecule has 11 rings (SSSR count). The third-order valence-corrected chi connectivity index (χ3v) is 12.6. The number of benzene rings is 8. The van der Waals surface area contributed by atoms with Crippen LogP contribution in [0.15, 0.2) is 216 Å². The maximum atomic E-state index is 5.41. The fraction of sp³-hybridized carbons (Fsp3) is 0.0189. The highest BCUT2D eigenvalue weighted by atomic mass is 32.2. The third-order valence-electron chi connectivity index (χ3n) is 11.4. The van der Waals surface area contributed by atoms with Crippen LogP contribution in [0, 0.1) is 0 Å². The SMILES string of the molecule is c1ccc(-c2ccc(-c3cc(-c4ccc(-c5ccccc5)cc4)nc(-c4cccc5c4Sc4ccccc4C54c5ccccc5-c5ccccc54)n3)cc2)cc1. The van der Waals surface area contributed by atoms with Crippen LogP contribution in [0.25, 0.3) is 67.3 Å². The van der Waals surface area contributed by atoms with Crippen molar-refractivity contribution in [2.24, 2.45) is 0 Å². The molecule has 0 N–H and O–H groups in total. The first-order valence-corrected chi connectivity index (χ1v) is 19.9. The zero-order chi connectivity index (χ0) is 37.1. The monoisotopic (exact) mass is 730 g/mol. The van der Waals surface area contributed by atoms with Gasteiger partial charge in [-0.3, -0.25) is 0 Å². The molecule has 1 aliphatic heterocycles. The molecule has 0 saturated carbocycles. The van der Waals surface area contributed by atoms with E-state index in [2.05, 4.69) is 206 Å². The van der Waals surface area contributed by atoms with Crippen molar-refractivity contribution in [2.75, 3.05) is 0 Å². The van der Waals surface area contributed by atoms with Crippen LogP contribution in [0.3, 0.4) is 0 Å². The zero-order valence-corrected chi connectivity index (χ0v) is 31.2. The Morgan fingerprint density at radius 3 is 1.29 bits per heavy atom. The second-order valence-electron chi connectivity index (χ2n) is 14.5. The molecule has 56 heavy (non-hydrogen) atoms. The predicted molar refractivity (Wildman–Crippen MR) is 231 cm³/mol. The average Bonchev–Trinajstić information content (AvgIpc) is 3.57. The molecule has 0 radical (unpaired) electrons. The lowest BCUT2D eigenvalue weighted by Gasteiger charge is -2.40. The molecule has 0 bridgehead atoms. The molecule has 1 aliphatic carbocycles. The van der Waals surface area contributed by atoms with Crippen molar-refractivity contribution >= 4 is 11.8 Å². The lowest BCUT2D eigenvalue weighted by molar-refractivity contribution is 0.723. The molecule has 2 heterocycles. The topological polar surface area (TPSA) is 25.8 Å². The van der Waals surface area contributed by atoms with E-state index < -0.39 is 5.41 Å². The van der Waals surface area contributed by atoms with E-state index in [1.54, 1.807) is 0 Å². The van der Waals surface area contributed by atoms with Gasteiger partial charge in [0.05, 0.1) is 16.8 Å². The van der Waals surface area contributed by atoms with Gasteiger partial charge >= 0.3 is 0 Å². The minimum Gasteiger partial charge on any atom is -0.228 e. The Hall–Kier alpha value is -6.81. The lowest BCUT2D eigenvalue weighted by Crippen LogP contribution is -2.32. The van der Waals surface area contributed by atoms with E-state index in [-0.39, 0.29) is 0 Å². The largest absolute Gasteiger partial charge is 0.228 e. The number of hydrogen-bond acceptors (Lipinski definition) is 3. The van der Waals surface area contributed by atoms with Gasteiger partial charge < -0.3 is 0 Å². The van der Waals surface area contributed by atoms with Gasteiger partial charge in [0.15, 0.2) is 5.82 Å². The van der Waals surface area contributed by atoms with E-state index >= 15 is 0 Å². The van der Waals surface area contributed by atoms with E-state index in [4.69, 9.17) is 9.97 Å². The summed E-state index contributed by atoms with van der Waals surface area (Å²) in [6.07, 6.45) is 0. The number of aromatic nitrogens is 2. The Labute approximate surface area is 331 Å². The predicted octanol–water partition coefficient (Wildman–Crippen LogP) is 13.6. The van der Waals surface area contributed by atoms with Gasteiger partial charge in [-0.2, -0.15) is 0 Å². The number of rotatable bonds is 5. The van der Waals surface area contributed by atoms with Crippen LogP contribution < -0.4 is 0 Å². The summed E-state index contributed by atoms with van der Waals surface area (Å²) in [5, 5.41) is 0.